The van der Waals surface area contributed by atoms with E-state index in [0.29, 0.717) is 11.8 Å². The fraction of sp³-hybridized carbons (Fsp3) is 0.500. The highest BCUT2D eigenvalue weighted by Gasteiger charge is 2.16. The summed E-state index contributed by atoms with van der Waals surface area (Å²) in [6.45, 7) is 4.32. The van der Waals surface area contributed by atoms with Crippen LogP contribution in [-0.2, 0) is 22.2 Å². The second-order valence-electron chi connectivity index (χ2n) is 4.84. The average Bonchev–Trinajstić information content (AvgIpc) is 2.97. The van der Waals surface area contributed by atoms with Crippen molar-refractivity contribution in [3.8, 4) is 10.8 Å². The SMILES string of the molecule is CNS(=O)(=O)Cc1noc(-c2ccc(CC(C)C)s2)n1. The largest absolute Gasteiger partial charge is 0.333 e. The Bertz CT molecular complexity index is 674. The van der Waals surface area contributed by atoms with Gasteiger partial charge in [-0.05, 0) is 31.5 Å². The van der Waals surface area contributed by atoms with Gasteiger partial charge in [0.25, 0.3) is 5.89 Å². The van der Waals surface area contributed by atoms with Crippen molar-refractivity contribution in [3.05, 3.63) is 22.8 Å². The molecule has 0 saturated heterocycles. The fourth-order valence-corrected chi connectivity index (χ4v) is 3.40. The number of nitrogens with one attached hydrogen (secondary N) is 1. The molecule has 0 saturated carbocycles. The maximum Gasteiger partial charge on any atom is 0.268 e. The first-order chi connectivity index (χ1) is 9.39. The predicted octanol–water partition coefficient (Wildman–Crippen LogP) is 2.05. The fourth-order valence-electron chi connectivity index (χ4n) is 1.66. The van der Waals surface area contributed by atoms with Crippen molar-refractivity contribution in [1.82, 2.24) is 14.9 Å². The summed E-state index contributed by atoms with van der Waals surface area (Å²) in [6, 6.07) is 3.96. The molecule has 20 heavy (non-hydrogen) atoms. The van der Waals surface area contributed by atoms with Gasteiger partial charge in [-0.15, -0.1) is 11.3 Å². The van der Waals surface area contributed by atoms with Gasteiger partial charge < -0.3 is 4.52 Å². The molecule has 0 fully saturated rings. The first kappa shape index (κ1) is 15.1. The second kappa shape index (κ2) is 6.02. The first-order valence-corrected chi connectivity index (χ1v) is 8.69. The minimum absolute atomic E-state index is 0.160. The van der Waals surface area contributed by atoms with Gasteiger partial charge in [0.15, 0.2) is 5.82 Å². The van der Waals surface area contributed by atoms with Crippen LogP contribution >= 0.6 is 11.3 Å². The lowest BCUT2D eigenvalue weighted by atomic mass is 10.1. The molecule has 6 nitrogen and oxygen atoms in total. The molecule has 2 rings (SSSR count). The zero-order valence-corrected chi connectivity index (χ0v) is 13.2. The van der Waals surface area contributed by atoms with Crippen molar-refractivity contribution in [2.45, 2.75) is 26.0 Å². The van der Waals surface area contributed by atoms with Gasteiger partial charge in [0.05, 0.1) is 4.88 Å². The summed E-state index contributed by atoms with van der Waals surface area (Å²) in [7, 11) is -2.03. The standard InChI is InChI=1S/C12H17N3O3S2/c1-8(2)6-9-4-5-10(19-9)12-14-11(15-18-12)7-20(16,17)13-3/h4-5,8,13H,6-7H2,1-3H3. The van der Waals surface area contributed by atoms with Crippen molar-refractivity contribution in [2.24, 2.45) is 5.92 Å². The zero-order chi connectivity index (χ0) is 14.8. The molecule has 0 radical (unpaired) electrons. The summed E-state index contributed by atoms with van der Waals surface area (Å²) >= 11 is 1.59. The smallest absolute Gasteiger partial charge is 0.268 e. The Hall–Kier alpha value is -1.25. The lowest BCUT2D eigenvalue weighted by Crippen LogP contribution is -2.20. The van der Waals surface area contributed by atoms with Crippen molar-refractivity contribution in [3.63, 3.8) is 0 Å². The molecule has 0 unspecified atom stereocenters. The maximum absolute atomic E-state index is 11.4. The van der Waals surface area contributed by atoms with Crippen molar-refractivity contribution >= 4 is 21.4 Å². The van der Waals surface area contributed by atoms with Gasteiger partial charge in [0.2, 0.25) is 10.0 Å². The van der Waals surface area contributed by atoms with E-state index in [2.05, 4.69) is 28.7 Å². The maximum atomic E-state index is 11.4. The lowest BCUT2D eigenvalue weighted by Gasteiger charge is -1.99. The quantitative estimate of drug-likeness (QED) is 0.881. The summed E-state index contributed by atoms with van der Waals surface area (Å²) in [5.41, 5.74) is 0. The molecule has 0 atom stereocenters. The molecule has 0 aliphatic rings. The van der Waals surface area contributed by atoms with E-state index in [9.17, 15) is 8.42 Å². The molecule has 0 spiro atoms. The molecule has 2 heterocycles. The Morgan fingerprint density at radius 3 is 2.80 bits per heavy atom. The van der Waals surface area contributed by atoms with Crippen molar-refractivity contribution < 1.29 is 12.9 Å². The van der Waals surface area contributed by atoms with Gasteiger partial charge in [-0.25, -0.2) is 13.1 Å². The molecule has 8 heteroatoms. The molecule has 0 aliphatic carbocycles. The van der Waals surface area contributed by atoms with E-state index in [1.54, 1.807) is 11.3 Å². The second-order valence-corrected chi connectivity index (χ2v) is 7.94. The summed E-state index contributed by atoms with van der Waals surface area (Å²) in [4.78, 5) is 6.23. The van der Waals surface area contributed by atoms with Gasteiger partial charge in [-0.3, -0.25) is 0 Å². The highest BCUT2D eigenvalue weighted by molar-refractivity contribution is 7.88. The highest BCUT2D eigenvalue weighted by Crippen LogP contribution is 2.28. The summed E-state index contributed by atoms with van der Waals surface area (Å²) < 4.78 is 30.2. The van der Waals surface area contributed by atoms with Crippen LogP contribution in [0.3, 0.4) is 0 Å². The molecular weight excluding hydrogens is 298 g/mol. The zero-order valence-electron chi connectivity index (χ0n) is 11.6. The normalized spacial score (nSPS) is 12.2. The van der Waals surface area contributed by atoms with Crippen LogP contribution in [0.15, 0.2) is 16.7 Å². The van der Waals surface area contributed by atoms with Gasteiger partial charge in [-0.1, -0.05) is 19.0 Å². The molecular formula is C12H17N3O3S2. The van der Waals surface area contributed by atoms with Crippen LogP contribution in [0.2, 0.25) is 0 Å². The third-order valence-corrected chi connectivity index (χ3v) is 4.94. The van der Waals surface area contributed by atoms with Gasteiger partial charge in [0.1, 0.15) is 5.75 Å². The number of hydrogen-bond donors (Lipinski definition) is 1. The summed E-state index contributed by atoms with van der Waals surface area (Å²) in [5.74, 6) is 0.831. The lowest BCUT2D eigenvalue weighted by molar-refractivity contribution is 0.425. The van der Waals surface area contributed by atoms with E-state index >= 15 is 0 Å². The van der Waals surface area contributed by atoms with Crippen LogP contribution in [0.5, 0.6) is 0 Å². The third kappa shape index (κ3) is 3.87. The molecule has 0 aromatic carbocycles. The molecule has 2 aromatic rings. The Labute approximate surface area is 122 Å². The highest BCUT2D eigenvalue weighted by atomic mass is 32.2. The van der Waals surface area contributed by atoms with Gasteiger partial charge in [0, 0.05) is 4.88 Å². The van der Waals surface area contributed by atoms with E-state index in [1.807, 2.05) is 12.1 Å². The molecule has 110 valence electrons. The Morgan fingerprint density at radius 2 is 2.15 bits per heavy atom. The first-order valence-electron chi connectivity index (χ1n) is 6.22. The average molecular weight is 315 g/mol. The Balaban J connectivity index is 2.14. The Morgan fingerprint density at radius 1 is 1.40 bits per heavy atom. The number of hydrogen-bond acceptors (Lipinski definition) is 6. The van der Waals surface area contributed by atoms with E-state index in [0.717, 1.165) is 11.3 Å². The van der Waals surface area contributed by atoms with Crippen LogP contribution in [0, 0.1) is 5.92 Å². The molecule has 0 aliphatic heterocycles. The molecule has 0 amide bonds. The van der Waals surface area contributed by atoms with E-state index in [4.69, 9.17) is 4.52 Å². The number of sulfonamides is 1. The molecule has 0 bridgehead atoms. The van der Waals surface area contributed by atoms with E-state index < -0.39 is 10.0 Å². The van der Waals surface area contributed by atoms with Crippen molar-refractivity contribution in [2.75, 3.05) is 7.05 Å². The van der Waals surface area contributed by atoms with Crippen molar-refractivity contribution in [1.29, 1.82) is 0 Å². The summed E-state index contributed by atoms with van der Waals surface area (Å²) in [6.07, 6.45) is 1.000. The molecule has 2 aromatic heterocycles. The third-order valence-electron chi connectivity index (χ3n) is 2.58. The predicted molar refractivity (Wildman–Crippen MR) is 77.8 cm³/mol. The van der Waals surface area contributed by atoms with E-state index in [1.165, 1.54) is 11.9 Å². The van der Waals surface area contributed by atoms with E-state index in [-0.39, 0.29) is 11.6 Å². The van der Waals surface area contributed by atoms with Crippen LogP contribution in [0.1, 0.15) is 24.5 Å². The number of thiophene rings is 1. The van der Waals surface area contributed by atoms with Crippen LogP contribution in [0.4, 0.5) is 0 Å². The monoisotopic (exact) mass is 315 g/mol. The van der Waals surface area contributed by atoms with Gasteiger partial charge >= 0.3 is 0 Å². The van der Waals surface area contributed by atoms with Crippen LogP contribution in [0.25, 0.3) is 10.8 Å². The van der Waals surface area contributed by atoms with Gasteiger partial charge in [-0.2, -0.15) is 4.98 Å². The minimum atomic E-state index is -3.38. The molecule has 1 N–H and O–H groups in total. The number of rotatable bonds is 6. The Kier molecular flexibility index (Phi) is 4.56. The number of nitrogens with zero attached hydrogens (tertiary/aromatic N) is 2. The van der Waals surface area contributed by atoms with Crippen LogP contribution < -0.4 is 4.72 Å². The topological polar surface area (TPSA) is 85.1 Å². The summed E-state index contributed by atoms with van der Waals surface area (Å²) in [5, 5.41) is 3.70. The number of aromatic nitrogens is 2. The minimum Gasteiger partial charge on any atom is -0.333 e. The van der Waals surface area contributed by atoms with Crippen LogP contribution in [-0.4, -0.2) is 25.6 Å².